The third-order valence-electron chi connectivity index (χ3n) is 3.52. The number of rotatable bonds is 6. The normalized spacial score (nSPS) is 26.8. The first-order valence-electron chi connectivity index (χ1n) is 7.36. The minimum Gasteiger partial charge on any atom is -0.376 e. The van der Waals surface area contributed by atoms with Crippen molar-refractivity contribution in [2.24, 2.45) is 11.3 Å². The summed E-state index contributed by atoms with van der Waals surface area (Å²) in [7, 11) is 0. The van der Waals surface area contributed by atoms with Crippen molar-refractivity contribution < 1.29 is 4.74 Å². The second-order valence-electron chi connectivity index (χ2n) is 7.11. The molecule has 2 unspecified atom stereocenters. The van der Waals surface area contributed by atoms with E-state index in [9.17, 15) is 0 Å². The highest BCUT2D eigenvalue weighted by molar-refractivity contribution is 4.82. The van der Waals surface area contributed by atoms with Crippen LogP contribution in [0.1, 0.15) is 41.5 Å². The summed E-state index contributed by atoms with van der Waals surface area (Å²) in [6.45, 7) is 18.9. The summed E-state index contributed by atoms with van der Waals surface area (Å²) in [5.41, 5.74) is 0.320. The topological polar surface area (TPSA) is 24.5 Å². The van der Waals surface area contributed by atoms with Crippen molar-refractivity contribution in [2.45, 2.75) is 53.7 Å². The fourth-order valence-electron chi connectivity index (χ4n) is 2.50. The van der Waals surface area contributed by atoms with E-state index < -0.39 is 0 Å². The van der Waals surface area contributed by atoms with Gasteiger partial charge < -0.3 is 10.1 Å². The predicted molar refractivity (Wildman–Crippen MR) is 77.9 cm³/mol. The summed E-state index contributed by atoms with van der Waals surface area (Å²) in [4.78, 5) is 2.57. The number of hydrogen-bond donors (Lipinski definition) is 1. The van der Waals surface area contributed by atoms with Crippen LogP contribution in [0.2, 0.25) is 0 Å². The van der Waals surface area contributed by atoms with Gasteiger partial charge in [0.25, 0.3) is 0 Å². The summed E-state index contributed by atoms with van der Waals surface area (Å²) in [5, 5.41) is 3.58. The Labute approximate surface area is 113 Å². The van der Waals surface area contributed by atoms with Gasteiger partial charge in [-0.2, -0.15) is 0 Å². The fourth-order valence-corrected chi connectivity index (χ4v) is 2.50. The Kier molecular flexibility index (Phi) is 6.09. The van der Waals surface area contributed by atoms with Crippen molar-refractivity contribution in [1.82, 2.24) is 10.2 Å². The van der Waals surface area contributed by atoms with Crippen LogP contribution in [0.15, 0.2) is 0 Å². The van der Waals surface area contributed by atoms with E-state index in [1.54, 1.807) is 0 Å². The first-order valence-corrected chi connectivity index (χ1v) is 7.36. The zero-order valence-electron chi connectivity index (χ0n) is 13.1. The molecule has 3 heteroatoms. The molecule has 0 aromatic rings. The molecule has 0 aromatic carbocycles. The highest BCUT2D eigenvalue weighted by Crippen LogP contribution is 2.20. The summed E-state index contributed by atoms with van der Waals surface area (Å²) < 4.78 is 5.69. The lowest BCUT2D eigenvalue weighted by Crippen LogP contribution is -2.52. The third kappa shape index (κ3) is 5.68. The van der Waals surface area contributed by atoms with Crippen LogP contribution in [0.3, 0.4) is 0 Å². The smallest absolute Gasteiger partial charge is 0.0674 e. The van der Waals surface area contributed by atoms with Gasteiger partial charge in [0.2, 0.25) is 0 Å². The Balaban J connectivity index is 2.38. The van der Waals surface area contributed by atoms with Gasteiger partial charge in [0, 0.05) is 25.7 Å². The quantitative estimate of drug-likeness (QED) is 0.789. The van der Waals surface area contributed by atoms with Crippen LogP contribution >= 0.6 is 0 Å². The molecule has 1 rings (SSSR count). The Morgan fingerprint density at radius 2 is 2.00 bits per heavy atom. The van der Waals surface area contributed by atoms with Crippen molar-refractivity contribution in [3.63, 3.8) is 0 Å². The van der Waals surface area contributed by atoms with E-state index in [1.165, 1.54) is 0 Å². The summed E-state index contributed by atoms with van der Waals surface area (Å²) in [6, 6.07) is 0.547. The van der Waals surface area contributed by atoms with Gasteiger partial charge >= 0.3 is 0 Å². The van der Waals surface area contributed by atoms with Gasteiger partial charge in [0.1, 0.15) is 0 Å². The molecule has 0 saturated carbocycles. The maximum Gasteiger partial charge on any atom is 0.0674 e. The molecule has 0 bridgehead atoms. The molecule has 0 aromatic heterocycles. The van der Waals surface area contributed by atoms with E-state index in [0.29, 0.717) is 17.6 Å². The van der Waals surface area contributed by atoms with E-state index in [1.807, 2.05) is 0 Å². The molecule has 18 heavy (non-hydrogen) atoms. The van der Waals surface area contributed by atoms with Crippen molar-refractivity contribution in [3.05, 3.63) is 0 Å². The van der Waals surface area contributed by atoms with Crippen LogP contribution < -0.4 is 5.32 Å². The van der Waals surface area contributed by atoms with Gasteiger partial charge in [0.05, 0.1) is 12.7 Å². The van der Waals surface area contributed by atoms with E-state index in [-0.39, 0.29) is 0 Å². The summed E-state index contributed by atoms with van der Waals surface area (Å²) >= 11 is 0. The molecule has 1 aliphatic heterocycles. The lowest BCUT2D eigenvalue weighted by atomic mass is 9.91. The van der Waals surface area contributed by atoms with Gasteiger partial charge in [-0.1, -0.05) is 27.7 Å². The van der Waals surface area contributed by atoms with Crippen molar-refractivity contribution in [2.75, 3.05) is 32.8 Å². The SMILES string of the molecule is CC(C)CNCC(C)(C)CN1CC(C)OCC1C. The minimum absolute atomic E-state index is 0.320. The van der Waals surface area contributed by atoms with Gasteiger partial charge in [0.15, 0.2) is 0 Å². The number of ether oxygens (including phenoxy) is 1. The summed E-state index contributed by atoms with van der Waals surface area (Å²) in [5.74, 6) is 0.725. The molecule has 108 valence electrons. The molecule has 3 nitrogen and oxygen atoms in total. The Morgan fingerprint density at radius 1 is 1.33 bits per heavy atom. The molecular formula is C15H32N2O. The molecular weight excluding hydrogens is 224 g/mol. The van der Waals surface area contributed by atoms with E-state index in [0.717, 1.165) is 38.7 Å². The zero-order chi connectivity index (χ0) is 13.8. The third-order valence-corrected chi connectivity index (χ3v) is 3.52. The molecule has 0 radical (unpaired) electrons. The summed E-state index contributed by atoms with van der Waals surface area (Å²) in [6.07, 6.45) is 0.376. The average molecular weight is 256 g/mol. The Morgan fingerprint density at radius 3 is 2.61 bits per heavy atom. The van der Waals surface area contributed by atoms with Crippen LogP contribution in [-0.2, 0) is 4.74 Å². The largest absolute Gasteiger partial charge is 0.376 e. The number of nitrogens with one attached hydrogen (secondary N) is 1. The average Bonchev–Trinajstić information content (AvgIpc) is 2.22. The van der Waals surface area contributed by atoms with Crippen molar-refractivity contribution in [3.8, 4) is 0 Å². The first-order chi connectivity index (χ1) is 8.30. The molecule has 1 fully saturated rings. The number of hydrogen-bond acceptors (Lipinski definition) is 3. The first kappa shape index (κ1) is 15.9. The van der Waals surface area contributed by atoms with E-state index in [4.69, 9.17) is 4.74 Å². The van der Waals surface area contributed by atoms with Gasteiger partial charge in [-0.25, -0.2) is 0 Å². The van der Waals surface area contributed by atoms with Gasteiger partial charge in [-0.15, -0.1) is 0 Å². The second-order valence-corrected chi connectivity index (χ2v) is 7.11. The van der Waals surface area contributed by atoms with Crippen molar-refractivity contribution >= 4 is 0 Å². The van der Waals surface area contributed by atoms with Crippen LogP contribution in [0, 0.1) is 11.3 Å². The van der Waals surface area contributed by atoms with E-state index >= 15 is 0 Å². The van der Waals surface area contributed by atoms with E-state index in [2.05, 4.69) is 51.8 Å². The molecule has 1 N–H and O–H groups in total. The van der Waals surface area contributed by atoms with Gasteiger partial charge in [-0.05, 0) is 31.7 Å². The van der Waals surface area contributed by atoms with Crippen LogP contribution in [0.25, 0.3) is 0 Å². The monoisotopic (exact) mass is 256 g/mol. The van der Waals surface area contributed by atoms with Gasteiger partial charge in [-0.3, -0.25) is 4.90 Å². The maximum atomic E-state index is 5.69. The highest BCUT2D eigenvalue weighted by atomic mass is 16.5. The predicted octanol–water partition coefficient (Wildman–Crippen LogP) is 2.37. The lowest BCUT2D eigenvalue weighted by Gasteiger charge is -2.41. The highest BCUT2D eigenvalue weighted by Gasteiger charge is 2.29. The number of morpholine rings is 1. The van der Waals surface area contributed by atoms with Crippen LogP contribution in [0.4, 0.5) is 0 Å². The standard InChI is InChI=1S/C15H32N2O/c1-12(2)7-16-10-15(5,6)11-17-8-14(4)18-9-13(17)3/h12-14,16H,7-11H2,1-6H3. The fraction of sp³-hybridized carbons (Fsp3) is 1.00. The molecule has 2 atom stereocenters. The lowest BCUT2D eigenvalue weighted by molar-refractivity contribution is -0.0600. The molecule has 0 amide bonds. The van der Waals surface area contributed by atoms with Crippen LogP contribution in [0.5, 0.6) is 0 Å². The molecule has 1 saturated heterocycles. The molecule has 1 heterocycles. The Hall–Kier alpha value is -0.120. The number of nitrogens with zero attached hydrogens (tertiary/aromatic N) is 1. The molecule has 1 aliphatic rings. The maximum absolute atomic E-state index is 5.69. The van der Waals surface area contributed by atoms with Crippen LogP contribution in [-0.4, -0.2) is 49.8 Å². The zero-order valence-corrected chi connectivity index (χ0v) is 13.1. The van der Waals surface area contributed by atoms with Crippen molar-refractivity contribution in [1.29, 1.82) is 0 Å². The molecule has 0 spiro atoms. The molecule has 0 aliphatic carbocycles. The minimum atomic E-state index is 0.320. The Bertz CT molecular complexity index is 241. The second kappa shape index (κ2) is 6.88.